The van der Waals surface area contributed by atoms with E-state index in [1.165, 1.54) is 12.1 Å². The summed E-state index contributed by atoms with van der Waals surface area (Å²) in [5.74, 6) is -3.00. The summed E-state index contributed by atoms with van der Waals surface area (Å²) in [5, 5.41) is 2.16. The Balaban J connectivity index is 2.15. The molecule has 200 valence electrons. The smallest absolute Gasteiger partial charge is 0.324 e. The predicted molar refractivity (Wildman–Crippen MR) is 153 cm³/mol. The largest absolute Gasteiger partial charge is 0.459 e. The van der Waals surface area contributed by atoms with Crippen molar-refractivity contribution in [2.75, 3.05) is 0 Å². The molecule has 1 atom stereocenters. The topological polar surface area (TPSA) is 52.6 Å². The Morgan fingerprint density at radius 1 is 0.711 bits per heavy atom. The highest BCUT2D eigenvalue weighted by Gasteiger charge is 2.34. The predicted octanol–water partition coefficient (Wildman–Crippen LogP) is 6.86. The fourth-order valence-electron chi connectivity index (χ4n) is 3.88. The fourth-order valence-corrected chi connectivity index (χ4v) is 6.54. The molecule has 0 bridgehead atoms. The van der Waals surface area contributed by atoms with Gasteiger partial charge in [0.05, 0.1) is 0 Å². The minimum atomic E-state index is -1.27. The van der Waals surface area contributed by atoms with Crippen LogP contribution in [-0.2, 0) is 19.1 Å². The van der Waals surface area contributed by atoms with Gasteiger partial charge in [-0.2, -0.15) is 0 Å². The van der Waals surface area contributed by atoms with E-state index in [2.05, 4.69) is 24.3 Å². The third kappa shape index (κ3) is 8.63. The summed E-state index contributed by atoms with van der Waals surface area (Å²) < 4.78 is 25.6. The summed E-state index contributed by atoms with van der Waals surface area (Å²) in [6, 6.07) is 26.5. The van der Waals surface area contributed by atoms with Gasteiger partial charge in [-0.05, 0) is 77.8 Å². The molecular weight excluding hydrogens is 498 g/mol. The van der Waals surface area contributed by atoms with Crippen molar-refractivity contribution in [3.63, 3.8) is 0 Å². The summed E-state index contributed by atoms with van der Waals surface area (Å²) >= 11 is 0. The van der Waals surface area contributed by atoms with Gasteiger partial charge in [0, 0.05) is 5.66 Å². The lowest BCUT2D eigenvalue weighted by molar-refractivity contribution is -0.171. The van der Waals surface area contributed by atoms with Crippen LogP contribution in [0.1, 0.15) is 52.8 Å². The van der Waals surface area contributed by atoms with Gasteiger partial charge in [-0.15, -0.1) is 0 Å². The van der Waals surface area contributed by atoms with Crippen molar-refractivity contribution in [3.05, 3.63) is 108 Å². The molecule has 0 saturated heterocycles. The summed E-state index contributed by atoms with van der Waals surface area (Å²) in [4.78, 5) is 26.3. The number of carbonyl (C=O) groups excluding carboxylic acids is 2. The van der Waals surface area contributed by atoms with Crippen molar-refractivity contribution in [1.82, 2.24) is 0 Å². The molecule has 0 aliphatic carbocycles. The lowest BCUT2D eigenvalue weighted by Crippen LogP contribution is -2.36. The number of esters is 2. The first-order valence-electron chi connectivity index (χ1n) is 12.6. The van der Waals surface area contributed by atoms with Crippen LogP contribution in [0.2, 0.25) is 0 Å². The van der Waals surface area contributed by atoms with E-state index in [0.29, 0.717) is 0 Å². The summed E-state index contributed by atoms with van der Waals surface area (Å²) in [5.41, 5.74) is -1.16. The van der Waals surface area contributed by atoms with Crippen LogP contribution in [0.5, 0.6) is 0 Å². The van der Waals surface area contributed by atoms with Crippen molar-refractivity contribution in [2.24, 2.45) is 5.92 Å². The van der Waals surface area contributed by atoms with Gasteiger partial charge in [-0.3, -0.25) is 9.59 Å². The lowest BCUT2D eigenvalue weighted by atomic mass is 10.1. The monoisotopic (exact) mass is 534 g/mol. The summed E-state index contributed by atoms with van der Waals surface area (Å²) in [7, 11) is -1.08. The average molecular weight is 535 g/mol. The average Bonchev–Trinajstić information content (AvgIpc) is 2.82. The molecule has 0 spiro atoms. The number of halogens is 1. The van der Waals surface area contributed by atoms with Gasteiger partial charge in [0.2, 0.25) is 0 Å². The molecule has 4 nitrogen and oxygen atoms in total. The maximum Gasteiger partial charge on any atom is 0.324 e. The van der Waals surface area contributed by atoms with Gasteiger partial charge in [-0.25, -0.2) is 4.39 Å². The molecule has 0 saturated carbocycles. The van der Waals surface area contributed by atoms with Crippen LogP contribution in [-0.4, -0.2) is 23.1 Å². The van der Waals surface area contributed by atoms with E-state index in [1.54, 1.807) is 53.7 Å². The van der Waals surface area contributed by atoms with E-state index in [-0.39, 0.29) is 11.5 Å². The molecule has 0 aliphatic heterocycles. The van der Waals surface area contributed by atoms with Crippen LogP contribution in [0, 0.1) is 11.7 Å². The van der Waals surface area contributed by atoms with Gasteiger partial charge in [0.1, 0.15) is 17.0 Å². The van der Waals surface area contributed by atoms with E-state index in [4.69, 9.17) is 9.47 Å². The Morgan fingerprint density at radius 3 is 1.61 bits per heavy atom. The molecule has 6 heteroatoms. The minimum absolute atomic E-state index is 0.335. The highest BCUT2D eigenvalue weighted by atomic mass is 31.1. The molecule has 0 fully saturated rings. The van der Waals surface area contributed by atoms with E-state index in [9.17, 15) is 14.0 Å². The van der Waals surface area contributed by atoms with Crippen LogP contribution in [0.3, 0.4) is 0 Å². The molecule has 3 aromatic rings. The lowest BCUT2D eigenvalue weighted by Gasteiger charge is -2.28. The SMILES string of the molecule is CC(C)(C)OC(=O)C(/C=C/C(c1cccc(F)c1)P(c1ccccc1)c1ccccc1)C(=O)OC(C)(C)C. The van der Waals surface area contributed by atoms with Gasteiger partial charge in [-0.1, -0.05) is 84.9 Å². The fraction of sp³-hybridized carbons (Fsp3) is 0.312. The Hall–Kier alpha value is -3.30. The van der Waals surface area contributed by atoms with E-state index in [1.807, 2.05) is 48.5 Å². The van der Waals surface area contributed by atoms with E-state index < -0.39 is 37.0 Å². The number of carbonyl (C=O) groups is 2. The molecule has 0 aliphatic rings. The summed E-state index contributed by atoms with van der Waals surface area (Å²) in [6.07, 6.45) is 3.39. The van der Waals surface area contributed by atoms with Crippen LogP contribution in [0.25, 0.3) is 0 Å². The second-order valence-corrected chi connectivity index (χ2v) is 13.3. The van der Waals surface area contributed by atoms with Gasteiger partial charge in [0.25, 0.3) is 0 Å². The van der Waals surface area contributed by atoms with E-state index in [0.717, 1.165) is 16.2 Å². The first-order valence-corrected chi connectivity index (χ1v) is 14.0. The molecule has 0 amide bonds. The third-order valence-corrected chi connectivity index (χ3v) is 8.08. The van der Waals surface area contributed by atoms with Crippen molar-refractivity contribution in [1.29, 1.82) is 0 Å². The van der Waals surface area contributed by atoms with Crippen LogP contribution in [0.4, 0.5) is 4.39 Å². The van der Waals surface area contributed by atoms with Crippen molar-refractivity contribution < 1.29 is 23.5 Å². The van der Waals surface area contributed by atoms with E-state index >= 15 is 0 Å². The molecule has 3 aromatic carbocycles. The van der Waals surface area contributed by atoms with Crippen molar-refractivity contribution in [3.8, 4) is 0 Å². The Labute approximate surface area is 226 Å². The zero-order chi connectivity index (χ0) is 27.9. The highest BCUT2D eigenvalue weighted by molar-refractivity contribution is 7.73. The normalized spacial score (nSPS) is 13.1. The van der Waals surface area contributed by atoms with Crippen molar-refractivity contribution >= 4 is 30.5 Å². The molecule has 3 rings (SSSR count). The second-order valence-electron chi connectivity index (χ2n) is 11.0. The Kier molecular flexibility index (Phi) is 9.62. The number of hydrogen-bond donors (Lipinski definition) is 0. The van der Waals surface area contributed by atoms with Crippen molar-refractivity contribution in [2.45, 2.75) is 58.4 Å². The first-order chi connectivity index (χ1) is 17.8. The number of ether oxygens (including phenoxy) is 2. The minimum Gasteiger partial charge on any atom is -0.459 e. The molecule has 38 heavy (non-hydrogen) atoms. The Bertz CT molecular complexity index is 1180. The number of hydrogen-bond acceptors (Lipinski definition) is 4. The molecule has 0 N–H and O–H groups in total. The quantitative estimate of drug-likeness (QED) is 0.137. The molecule has 0 radical (unpaired) electrons. The maximum atomic E-state index is 14.5. The number of rotatable bonds is 8. The maximum absolute atomic E-state index is 14.5. The van der Waals surface area contributed by atoms with Gasteiger partial charge >= 0.3 is 11.9 Å². The van der Waals surface area contributed by atoms with Crippen LogP contribution in [0.15, 0.2) is 97.1 Å². The number of allylic oxidation sites excluding steroid dienone is 1. The highest BCUT2D eigenvalue weighted by Crippen LogP contribution is 2.50. The zero-order valence-electron chi connectivity index (χ0n) is 22.9. The van der Waals surface area contributed by atoms with Gasteiger partial charge in [0.15, 0.2) is 5.92 Å². The molecule has 0 aromatic heterocycles. The van der Waals surface area contributed by atoms with Crippen LogP contribution < -0.4 is 10.6 Å². The third-order valence-electron chi connectivity index (χ3n) is 5.34. The molecular formula is C32H36FO4P. The molecule has 1 unspecified atom stereocenters. The standard InChI is InChI=1S/C32H36FO4P/c1-31(2,3)36-29(34)27(30(35)37-32(4,5)6)20-21-28(23-14-13-15-24(33)22-23)38(25-16-9-7-10-17-25)26-18-11-8-12-19-26/h7-22,27-28H,1-6H3/b21-20+. The first kappa shape index (κ1) is 29.3. The van der Waals surface area contributed by atoms with Crippen LogP contribution >= 0.6 is 7.92 Å². The molecule has 0 heterocycles. The number of benzene rings is 3. The zero-order valence-corrected chi connectivity index (χ0v) is 23.7. The summed E-state index contributed by atoms with van der Waals surface area (Å²) in [6.45, 7) is 10.5. The Morgan fingerprint density at radius 2 is 1.18 bits per heavy atom. The van der Waals surface area contributed by atoms with Gasteiger partial charge < -0.3 is 9.47 Å². The second kappa shape index (κ2) is 12.5.